The second-order valence-corrected chi connectivity index (χ2v) is 2.55. The van der Waals surface area contributed by atoms with Gasteiger partial charge >= 0.3 is 0 Å². The molecule has 0 fully saturated rings. The minimum absolute atomic E-state index is 1.02. The van der Waals surface area contributed by atoms with Crippen molar-refractivity contribution in [2.24, 2.45) is 7.05 Å². The quantitative estimate of drug-likeness (QED) is 0.556. The van der Waals surface area contributed by atoms with Gasteiger partial charge in [-0.05, 0) is 12.1 Å². The highest BCUT2D eigenvalue weighted by Gasteiger charge is 2.05. The van der Waals surface area contributed by atoms with Crippen molar-refractivity contribution in [3.8, 4) is 5.69 Å². The van der Waals surface area contributed by atoms with Crippen molar-refractivity contribution < 1.29 is 4.68 Å². The molecule has 12 heavy (non-hydrogen) atoms. The van der Waals surface area contributed by atoms with Gasteiger partial charge in [0.1, 0.15) is 10.9 Å². The summed E-state index contributed by atoms with van der Waals surface area (Å²) in [7, 11) is 1.84. The molecule has 0 bridgehead atoms. The van der Waals surface area contributed by atoms with E-state index in [1.54, 1.807) is 9.36 Å². The van der Waals surface area contributed by atoms with Gasteiger partial charge in [0.15, 0.2) is 5.21 Å². The smallest absolute Gasteiger partial charge is 0.143 e. The number of hydrogen-bond donors (Lipinski definition) is 0. The topological polar surface area (TPSA) is 34.6 Å². The summed E-state index contributed by atoms with van der Waals surface area (Å²) in [4.78, 5) is 0. The zero-order valence-corrected chi connectivity index (χ0v) is 6.75. The molecule has 60 valence electrons. The van der Waals surface area contributed by atoms with Gasteiger partial charge in [0.05, 0.1) is 7.05 Å². The van der Waals surface area contributed by atoms with E-state index in [-0.39, 0.29) is 0 Å². The summed E-state index contributed by atoms with van der Waals surface area (Å²) in [6, 6.07) is 9.87. The fraction of sp³-hybridized carbons (Fsp3) is 0.125. The lowest BCUT2D eigenvalue weighted by molar-refractivity contribution is -0.731. The molecular formula is C8H9N4+. The van der Waals surface area contributed by atoms with Gasteiger partial charge in [0.2, 0.25) is 6.33 Å². The Morgan fingerprint density at radius 3 is 2.58 bits per heavy atom. The number of benzene rings is 1. The average Bonchev–Trinajstić information content (AvgIpc) is 2.54. The fourth-order valence-electron chi connectivity index (χ4n) is 1.01. The molecule has 0 aliphatic heterocycles. The van der Waals surface area contributed by atoms with E-state index in [4.69, 9.17) is 0 Å². The van der Waals surface area contributed by atoms with E-state index < -0.39 is 0 Å². The van der Waals surface area contributed by atoms with Crippen LogP contribution in [0.1, 0.15) is 0 Å². The summed E-state index contributed by atoms with van der Waals surface area (Å²) < 4.78 is 3.38. The van der Waals surface area contributed by atoms with E-state index in [1.807, 2.05) is 43.7 Å². The number of nitrogens with zero attached hydrogens (tertiary/aromatic N) is 4. The van der Waals surface area contributed by atoms with E-state index in [0.29, 0.717) is 0 Å². The van der Waals surface area contributed by atoms with Crippen LogP contribution in [0, 0.1) is 0 Å². The predicted molar refractivity (Wildman–Crippen MR) is 42.5 cm³/mol. The monoisotopic (exact) mass is 161 g/mol. The molecule has 0 radical (unpaired) electrons. The van der Waals surface area contributed by atoms with Crippen molar-refractivity contribution in [3.05, 3.63) is 36.7 Å². The van der Waals surface area contributed by atoms with E-state index in [1.165, 1.54) is 0 Å². The summed E-state index contributed by atoms with van der Waals surface area (Å²) in [5.74, 6) is 0. The van der Waals surface area contributed by atoms with Gasteiger partial charge < -0.3 is 0 Å². The van der Waals surface area contributed by atoms with Crippen LogP contribution in [0.2, 0.25) is 0 Å². The van der Waals surface area contributed by atoms with Crippen molar-refractivity contribution in [2.75, 3.05) is 0 Å². The number of tetrazole rings is 1. The predicted octanol–water partition coefficient (Wildman–Crippen LogP) is 0.0918. The van der Waals surface area contributed by atoms with Gasteiger partial charge in [-0.3, -0.25) is 0 Å². The summed E-state index contributed by atoms with van der Waals surface area (Å²) >= 11 is 0. The van der Waals surface area contributed by atoms with Crippen LogP contribution in [-0.2, 0) is 7.05 Å². The molecule has 0 aliphatic rings. The standard InChI is InChI=1S/C8H9N4/c1-11-7-12(10-9-11)8-5-3-2-4-6-8/h2-7H,1H3/q+1. The van der Waals surface area contributed by atoms with Crippen LogP contribution >= 0.6 is 0 Å². The SMILES string of the molecule is C[n+]1cn(-c2ccccc2)nn1. The maximum atomic E-state index is 3.92. The highest BCUT2D eigenvalue weighted by molar-refractivity contribution is 5.28. The first-order valence-electron chi connectivity index (χ1n) is 3.70. The highest BCUT2D eigenvalue weighted by atomic mass is 15.6. The third-order valence-electron chi connectivity index (χ3n) is 1.57. The zero-order valence-electron chi connectivity index (χ0n) is 6.75. The van der Waals surface area contributed by atoms with Gasteiger partial charge in [0.25, 0.3) is 0 Å². The summed E-state index contributed by atoms with van der Waals surface area (Å²) in [6.45, 7) is 0. The molecule has 0 atom stereocenters. The van der Waals surface area contributed by atoms with E-state index >= 15 is 0 Å². The van der Waals surface area contributed by atoms with E-state index in [0.717, 1.165) is 5.69 Å². The van der Waals surface area contributed by atoms with Gasteiger partial charge in [-0.2, -0.15) is 0 Å². The molecular weight excluding hydrogens is 152 g/mol. The van der Waals surface area contributed by atoms with Crippen LogP contribution in [0.25, 0.3) is 5.69 Å². The Morgan fingerprint density at radius 2 is 2.00 bits per heavy atom. The van der Waals surface area contributed by atoms with Crippen molar-refractivity contribution in [1.82, 2.24) is 15.1 Å². The van der Waals surface area contributed by atoms with Crippen LogP contribution < -0.4 is 4.68 Å². The second-order valence-electron chi connectivity index (χ2n) is 2.55. The lowest BCUT2D eigenvalue weighted by atomic mass is 10.3. The molecule has 2 aromatic rings. The van der Waals surface area contributed by atoms with Gasteiger partial charge in [0, 0.05) is 0 Å². The second kappa shape index (κ2) is 2.73. The molecule has 4 nitrogen and oxygen atoms in total. The first-order valence-corrected chi connectivity index (χ1v) is 3.70. The molecule has 2 rings (SSSR count). The molecule has 0 unspecified atom stereocenters. The van der Waals surface area contributed by atoms with Gasteiger partial charge in [-0.15, -0.1) is 4.68 Å². The molecule has 0 spiro atoms. The number of rotatable bonds is 1. The van der Waals surface area contributed by atoms with Crippen LogP contribution in [0.5, 0.6) is 0 Å². The third kappa shape index (κ3) is 1.18. The molecule has 1 aromatic carbocycles. The van der Waals surface area contributed by atoms with Crippen LogP contribution in [0.4, 0.5) is 0 Å². The van der Waals surface area contributed by atoms with Crippen molar-refractivity contribution in [3.63, 3.8) is 0 Å². The van der Waals surface area contributed by atoms with Gasteiger partial charge in [-0.25, -0.2) is 0 Å². The maximum Gasteiger partial charge on any atom is 0.250 e. The Labute approximate surface area is 70.0 Å². The van der Waals surface area contributed by atoms with Crippen molar-refractivity contribution >= 4 is 0 Å². The summed E-state index contributed by atoms with van der Waals surface area (Å²) in [5, 5.41) is 7.74. The maximum absolute atomic E-state index is 3.92. The number of para-hydroxylation sites is 1. The molecule has 0 saturated carbocycles. The minimum Gasteiger partial charge on any atom is -0.143 e. The number of aromatic nitrogens is 4. The molecule has 0 N–H and O–H groups in total. The van der Waals surface area contributed by atoms with Crippen LogP contribution in [0.15, 0.2) is 36.7 Å². The Bertz CT molecular complexity index is 366. The minimum atomic E-state index is 1.02. The van der Waals surface area contributed by atoms with E-state index in [2.05, 4.69) is 10.4 Å². The lowest BCUT2D eigenvalue weighted by Gasteiger charge is -1.87. The van der Waals surface area contributed by atoms with Crippen LogP contribution in [-0.4, -0.2) is 15.1 Å². The normalized spacial score (nSPS) is 10.1. The molecule has 1 aromatic heterocycles. The Balaban J connectivity index is 2.45. The first-order chi connectivity index (χ1) is 5.86. The molecule has 0 saturated heterocycles. The Morgan fingerprint density at radius 1 is 1.25 bits per heavy atom. The molecule has 0 amide bonds. The highest BCUT2D eigenvalue weighted by Crippen LogP contribution is 2.01. The number of hydrogen-bond acceptors (Lipinski definition) is 2. The Kier molecular flexibility index (Phi) is 1.59. The van der Waals surface area contributed by atoms with Gasteiger partial charge in [-0.1, -0.05) is 22.9 Å². The number of aryl methyl sites for hydroxylation is 1. The van der Waals surface area contributed by atoms with E-state index in [9.17, 15) is 0 Å². The first kappa shape index (κ1) is 6.97. The third-order valence-corrected chi connectivity index (χ3v) is 1.57. The molecule has 1 heterocycles. The summed E-state index contributed by atoms with van der Waals surface area (Å²) in [5.41, 5.74) is 1.02. The largest absolute Gasteiger partial charge is 0.250 e. The fourth-order valence-corrected chi connectivity index (χ4v) is 1.01. The molecule has 4 heteroatoms. The molecule has 0 aliphatic carbocycles. The van der Waals surface area contributed by atoms with Crippen molar-refractivity contribution in [2.45, 2.75) is 0 Å². The Hall–Kier alpha value is -1.71. The lowest BCUT2D eigenvalue weighted by Crippen LogP contribution is -2.28. The van der Waals surface area contributed by atoms with Crippen molar-refractivity contribution in [1.29, 1.82) is 0 Å². The zero-order chi connectivity index (χ0) is 8.39. The van der Waals surface area contributed by atoms with Crippen LogP contribution in [0.3, 0.4) is 0 Å². The summed E-state index contributed by atoms with van der Waals surface area (Å²) in [6.07, 6.45) is 1.81. The average molecular weight is 161 g/mol.